The van der Waals surface area contributed by atoms with E-state index in [2.05, 4.69) is 11.4 Å². The summed E-state index contributed by atoms with van der Waals surface area (Å²) in [6, 6.07) is 22.8. The Morgan fingerprint density at radius 1 is 1.00 bits per heavy atom. The molecule has 4 aromatic rings. The van der Waals surface area contributed by atoms with E-state index in [9.17, 15) is 14.0 Å². The molecule has 0 unspecified atom stereocenters. The van der Waals surface area contributed by atoms with Crippen LogP contribution < -0.4 is 15.0 Å². The summed E-state index contributed by atoms with van der Waals surface area (Å²) < 4.78 is 20.1. The van der Waals surface area contributed by atoms with Gasteiger partial charge in [-0.15, -0.1) is 11.3 Å². The molecular weight excluding hydrogens is 463 g/mol. The van der Waals surface area contributed by atoms with Gasteiger partial charge in [0.1, 0.15) is 11.6 Å². The highest BCUT2D eigenvalue weighted by molar-refractivity contribution is 7.15. The van der Waals surface area contributed by atoms with Crippen molar-refractivity contribution in [3.8, 4) is 16.2 Å². The summed E-state index contributed by atoms with van der Waals surface area (Å²) in [5.74, 6) is -0.179. The molecule has 0 bridgehead atoms. The van der Waals surface area contributed by atoms with Gasteiger partial charge in [0.05, 0.1) is 19.3 Å². The summed E-state index contributed by atoms with van der Waals surface area (Å²) in [5.41, 5.74) is 3.27. The number of nitrogens with zero attached hydrogens (tertiary/aromatic N) is 1. The number of amides is 2. The predicted octanol–water partition coefficient (Wildman–Crippen LogP) is 6.68. The third kappa shape index (κ3) is 5.58. The minimum Gasteiger partial charge on any atom is -0.496 e. The number of anilines is 2. The Bertz CT molecular complexity index is 1360. The van der Waals surface area contributed by atoms with Gasteiger partial charge in [-0.2, -0.15) is 0 Å². The quantitative estimate of drug-likeness (QED) is 0.316. The summed E-state index contributed by atoms with van der Waals surface area (Å²) in [7, 11) is 1.65. The van der Waals surface area contributed by atoms with Crippen molar-refractivity contribution in [3.05, 3.63) is 101 Å². The number of benzene rings is 3. The van der Waals surface area contributed by atoms with Crippen molar-refractivity contribution in [2.24, 2.45) is 0 Å². The van der Waals surface area contributed by atoms with E-state index < -0.39 is 5.82 Å². The number of thiophene rings is 1. The standard InChI is InChI=1S/C28H25FN2O3S/c1-18-16-21(10-14-26(18)34-3)27-15-13-23(35-27)17-31(25-7-5-4-6-24(25)29)28(33)20-8-11-22(12-9-20)30-19(2)32/h4-16H,17H2,1-3H3,(H,30,32). The van der Waals surface area contributed by atoms with Crippen molar-refractivity contribution in [1.82, 2.24) is 0 Å². The molecule has 3 aromatic carbocycles. The van der Waals surface area contributed by atoms with Crippen LogP contribution in [0, 0.1) is 12.7 Å². The number of ether oxygens (including phenoxy) is 1. The zero-order valence-electron chi connectivity index (χ0n) is 19.7. The predicted molar refractivity (Wildman–Crippen MR) is 139 cm³/mol. The molecule has 0 fully saturated rings. The maximum atomic E-state index is 14.8. The number of carbonyl (C=O) groups is 2. The third-order valence-corrected chi connectivity index (χ3v) is 6.61. The zero-order valence-corrected chi connectivity index (χ0v) is 20.5. The second-order valence-electron chi connectivity index (χ2n) is 8.05. The van der Waals surface area contributed by atoms with Crippen LogP contribution in [0.4, 0.5) is 15.8 Å². The second-order valence-corrected chi connectivity index (χ2v) is 9.22. The molecular formula is C28H25FN2O3S. The van der Waals surface area contributed by atoms with Crippen LogP contribution in [0.1, 0.15) is 27.7 Å². The highest BCUT2D eigenvalue weighted by Crippen LogP contribution is 2.33. The number of hydrogen-bond acceptors (Lipinski definition) is 4. The van der Waals surface area contributed by atoms with E-state index in [0.29, 0.717) is 11.3 Å². The average Bonchev–Trinajstić information content (AvgIpc) is 3.31. The van der Waals surface area contributed by atoms with Gasteiger partial charge >= 0.3 is 0 Å². The van der Waals surface area contributed by atoms with Gasteiger partial charge in [0.25, 0.3) is 5.91 Å². The minimum absolute atomic E-state index is 0.197. The molecule has 5 nitrogen and oxygen atoms in total. The lowest BCUT2D eigenvalue weighted by molar-refractivity contribution is -0.114. The Kier molecular flexibility index (Phi) is 7.27. The summed E-state index contributed by atoms with van der Waals surface area (Å²) in [6.07, 6.45) is 0. The van der Waals surface area contributed by atoms with Crippen LogP contribution in [0.5, 0.6) is 5.75 Å². The summed E-state index contributed by atoms with van der Waals surface area (Å²) in [4.78, 5) is 28.2. The van der Waals surface area contributed by atoms with Gasteiger partial charge in [0.15, 0.2) is 0 Å². The average molecular weight is 489 g/mol. The lowest BCUT2D eigenvalue weighted by Crippen LogP contribution is -2.30. The number of methoxy groups -OCH3 is 1. The number of halogens is 1. The first-order chi connectivity index (χ1) is 16.9. The third-order valence-electron chi connectivity index (χ3n) is 5.50. The van der Waals surface area contributed by atoms with Crippen LogP contribution in [0.2, 0.25) is 0 Å². The zero-order chi connectivity index (χ0) is 24.9. The number of hydrogen-bond donors (Lipinski definition) is 1. The SMILES string of the molecule is COc1ccc(-c2ccc(CN(C(=O)c3ccc(NC(C)=O)cc3)c3ccccc3F)s2)cc1C. The first-order valence-corrected chi connectivity index (χ1v) is 11.8. The lowest BCUT2D eigenvalue weighted by atomic mass is 10.1. The van der Waals surface area contributed by atoms with Gasteiger partial charge in [-0.1, -0.05) is 12.1 Å². The van der Waals surface area contributed by atoms with E-state index in [-0.39, 0.29) is 24.0 Å². The number of carbonyl (C=O) groups excluding carboxylic acids is 2. The maximum absolute atomic E-state index is 14.8. The van der Waals surface area contributed by atoms with Crippen molar-refractivity contribution < 1.29 is 18.7 Å². The molecule has 0 aliphatic carbocycles. The smallest absolute Gasteiger partial charge is 0.258 e. The van der Waals surface area contributed by atoms with Gasteiger partial charge in [0, 0.05) is 27.9 Å². The molecule has 1 aromatic heterocycles. The van der Waals surface area contributed by atoms with Crippen molar-refractivity contribution in [2.75, 3.05) is 17.3 Å². The first kappa shape index (κ1) is 24.2. The monoisotopic (exact) mass is 488 g/mol. The van der Waals surface area contributed by atoms with E-state index in [4.69, 9.17) is 4.74 Å². The maximum Gasteiger partial charge on any atom is 0.258 e. The summed E-state index contributed by atoms with van der Waals surface area (Å²) >= 11 is 1.55. The number of aryl methyl sites for hydroxylation is 1. The van der Waals surface area contributed by atoms with Crippen LogP contribution in [0.15, 0.2) is 78.9 Å². The second kappa shape index (κ2) is 10.5. The molecule has 35 heavy (non-hydrogen) atoms. The Hall–Kier alpha value is -3.97. The van der Waals surface area contributed by atoms with Crippen molar-refractivity contribution in [2.45, 2.75) is 20.4 Å². The molecule has 0 aliphatic rings. The minimum atomic E-state index is -0.474. The van der Waals surface area contributed by atoms with E-state index in [1.807, 2.05) is 31.2 Å². The fourth-order valence-electron chi connectivity index (χ4n) is 3.80. The van der Waals surface area contributed by atoms with E-state index in [0.717, 1.165) is 26.6 Å². The number of para-hydroxylation sites is 1. The fraction of sp³-hybridized carbons (Fsp3) is 0.143. The Morgan fingerprint density at radius 3 is 2.40 bits per heavy atom. The molecule has 178 valence electrons. The van der Waals surface area contributed by atoms with Crippen molar-refractivity contribution in [3.63, 3.8) is 0 Å². The molecule has 1 heterocycles. The molecule has 4 rings (SSSR count). The molecule has 1 N–H and O–H groups in total. The van der Waals surface area contributed by atoms with Gasteiger partial charge in [-0.3, -0.25) is 9.59 Å². The number of nitrogens with one attached hydrogen (secondary N) is 1. The highest BCUT2D eigenvalue weighted by Gasteiger charge is 2.22. The van der Waals surface area contributed by atoms with Crippen LogP contribution in [0.3, 0.4) is 0 Å². The van der Waals surface area contributed by atoms with Crippen LogP contribution in [-0.4, -0.2) is 18.9 Å². The topological polar surface area (TPSA) is 58.6 Å². The molecule has 0 atom stereocenters. The molecule has 0 aliphatic heterocycles. The number of rotatable bonds is 7. The van der Waals surface area contributed by atoms with Gasteiger partial charge in [-0.05, 0) is 84.8 Å². The van der Waals surface area contributed by atoms with Gasteiger partial charge in [-0.25, -0.2) is 4.39 Å². The Labute approximate surface area is 207 Å². The molecule has 0 spiro atoms. The van der Waals surface area contributed by atoms with Crippen LogP contribution in [0.25, 0.3) is 10.4 Å². The summed E-state index contributed by atoms with van der Waals surface area (Å²) in [5, 5.41) is 2.68. The molecule has 0 radical (unpaired) electrons. The van der Waals surface area contributed by atoms with Gasteiger partial charge in [0.2, 0.25) is 5.91 Å². The molecule has 2 amide bonds. The first-order valence-electron chi connectivity index (χ1n) is 11.0. The fourth-order valence-corrected chi connectivity index (χ4v) is 4.79. The normalized spacial score (nSPS) is 10.6. The van der Waals surface area contributed by atoms with E-state index in [1.54, 1.807) is 60.9 Å². The van der Waals surface area contributed by atoms with Crippen LogP contribution in [-0.2, 0) is 11.3 Å². The highest BCUT2D eigenvalue weighted by atomic mass is 32.1. The molecule has 7 heteroatoms. The Balaban J connectivity index is 1.63. The van der Waals surface area contributed by atoms with Gasteiger partial charge < -0.3 is 15.0 Å². The van der Waals surface area contributed by atoms with E-state index >= 15 is 0 Å². The van der Waals surface area contributed by atoms with Crippen molar-refractivity contribution >= 4 is 34.5 Å². The van der Waals surface area contributed by atoms with E-state index in [1.165, 1.54) is 17.9 Å². The Morgan fingerprint density at radius 2 is 1.74 bits per heavy atom. The molecule has 0 saturated carbocycles. The van der Waals surface area contributed by atoms with Crippen molar-refractivity contribution in [1.29, 1.82) is 0 Å². The lowest BCUT2D eigenvalue weighted by Gasteiger charge is -2.23. The summed E-state index contributed by atoms with van der Waals surface area (Å²) in [6.45, 7) is 3.63. The molecule has 0 saturated heterocycles. The van der Waals surface area contributed by atoms with Crippen LogP contribution >= 0.6 is 11.3 Å². The largest absolute Gasteiger partial charge is 0.496 e.